The van der Waals surface area contributed by atoms with Crippen LogP contribution in [0.5, 0.6) is 0 Å². The van der Waals surface area contributed by atoms with Gasteiger partial charge in [-0.25, -0.2) is 0 Å². The molecule has 1 aromatic carbocycles. The summed E-state index contributed by atoms with van der Waals surface area (Å²) in [5.74, 6) is 0.567. The van der Waals surface area contributed by atoms with E-state index in [4.69, 9.17) is 4.74 Å². The third-order valence-corrected chi connectivity index (χ3v) is 3.98. The number of carbonyl (C=O) groups excluding carboxylic acids is 1. The van der Waals surface area contributed by atoms with E-state index in [0.717, 1.165) is 31.4 Å². The van der Waals surface area contributed by atoms with Gasteiger partial charge in [0.05, 0.1) is 17.4 Å². The highest BCUT2D eigenvalue weighted by Crippen LogP contribution is 2.22. The first-order valence-corrected chi connectivity index (χ1v) is 7.66. The van der Waals surface area contributed by atoms with Gasteiger partial charge < -0.3 is 10.1 Å². The lowest BCUT2D eigenvalue weighted by Gasteiger charge is -2.27. The van der Waals surface area contributed by atoms with Crippen LogP contribution in [0, 0.1) is 16.0 Å². The van der Waals surface area contributed by atoms with E-state index in [1.54, 1.807) is 12.1 Å². The number of nitrogens with zero attached hydrogens (tertiary/aromatic N) is 1. The summed E-state index contributed by atoms with van der Waals surface area (Å²) in [5, 5.41) is 13.5. The molecule has 0 aliphatic carbocycles. The highest BCUT2D eigenvalue weighted by atomic mass is 16.6. The zero-order chi connectivity index (χ0) is 15.9. The summed E-state index contributed by atoms with van der Waals surface area (Å²) in [7, 11) is 0. The van der Waals surface area contributed by atoms with E-state index >= 15 is 0 Å². The molecule has 1 aliphatic heterocycles. The fourth-order valence-corrected chi connectivity index (χ4v) is 2.75. The van der Waals surface area contributed by atoms with Crippen LogP contribution >= 0.6 is 0 Å². The van der Waals surface area contributed by atoms with Crippen LogP contribution in [0.15, 0.2) is 24.3 Å². The van der Waals surface area contributed by atoms with Gasteiger partial charge in [-0.1, -0.05) is 12.1 Å². The van der Waals surface area contributed by atoms with Crippen LogP contribution in [-0.4, -0.2) is 30.1 Å². The summed E-state index contributed by atoms with van der Waals surface area (Å²) < 4.78 is 5.51. The lowest BCUT2D eigenvalue weighted by atomic mass is 9.93. The summed E-state index contributed by atoms with van der Waals surface area (Å²) in [6, 6.07) is 6.09. The Kier molecular flexibility index (Phi) is 5.89. The predicted octanol–water partition coefficient (Wildman–Crippen LogP) is 2.46. The van der Waals surface area contributed by atoms with E-state index in [-0.39, 0.29) is 18.0 Å². The summed E-state index contributed by atoms with van der Waals surface area (Å²) in [6.07, 6.45) is 3.65. The van der Waals surface area contributed by atoms with Gasteiger partial charge in [0.25, 0.3) is 5.69 Å². The number of carbonyl (C=O) groups is 1. The lowest BCUT2D eigenvalue weighted by Crippen LogP contribution is -2.30. The van der Waals surface area contributed by atoms with Crippen molar-refractivity contribution >= 4 is 11.6 Å². The van der Waals surface area contributed by atoms with E-state index in [0.29, 0.717) is 18.6 Å². The van der Waals surface area contributed by atoms with Crippen molar-refractivity contribution in [1.82, 2.24) is 5.32 Å². The first-order valence-electron chi connectivity index (χ1n) is 7.66. The molecule has 1 aromatic rings. The number of hydrogen-bond donors (Lipinski definition) is 1. The highest BCUT2D eigenvalue weighted by Gasteiger charge is 2.19. The molecule has 0 spiro atoms. The number of nitro benzene ring substituents is 1. The number of hydrogen-bond acceptors (Lipinski definition) is 4. The second kappa shape index (κ2) is 7.89. The number of ether oxygens (including phenoxy) is 1. The third-order valence-electron chi connectivity index (χ3n) is 3.98. The van der Waals surface area contributed by atoms with Gasteiger partial charge in [0.15, 0.2) is 0 Å². The average molecular weight is 306 g/mol. The highest BCUT2D eigenvalue weighted by molar-refractivity contribution is 5.78. The van der Waals surface area contributed by atoms with Gasteiger partial charge in [0.1, 0.15) is 0 Å². The first-order chi connectivity index (χ1) is 10.5. The Hall–Kier alpha value is -1.95. The van der Waals surface area contributed by atoms with Crippen LogP contribution in [-0.2, 0) is 16.0 Å². The largest absolute Gasteiger partial charge is 0.378 e. The van der Waals surface area contributed by atoms with Gasteiger partial charge in [-0.05, 0) is 37.7 Å². The predicted molar refractivity (Wildman–Crippen MR) is 82.6 cm³/mol. The Bertz CT molecular complexity index is 515. The average Bonchev–Trinajstić information content (AvgIpc) is 2.48. The standard InChI is InChI=1S/C16H22N2O4/c1-12-10-14(7-9-22-12)6-8-17-16(19)11-13-2-4-15(5-3-13)18(20)21/h2-5,12,14H,6-11H2,1H3,(H,17,19)/t12-,14+/m1/s1. The minimum Gasteiger partial charge on any atom is -0.378 e. The zero-order valence-corrected chi connectivity index (χ0v) is 12.8. The van der Waals surface area contributed by atoms with Gasteiger partial charge in [-0.3, -0.25) is 14.9 Å². The molecule has 1 saturated heterocycles. The van der Waals surface area contributed by atoms with Crippen molar-refractivity contribution in [2.24, 2.45) is 5.92 Å². The molecule has 1 N–H and O–H groups in total. The molecule has 1 fully saturated rings. The van der Waals surface area contributed by atoms with Gasteiger partial charge in [-0.2, -0.15) is 0 Å². The Balaban J connectivity index is 1.70. The maximum atomic E-state index is 11.9. The van der Waals surface area contributed by atoms with Crippen molar-refractivity contribution in [1.29, 1.82) is 0 Å². The first kappa shape index (κ1) is 16.4. The number of rotatable bonds is 6. The van der Waals surface area contributed by atoms with Crippen molar-refractivity contribution in [2.45, 2.75) is 38.7 Å². The topological polar surface area (TPSA) is 81.5 Å². The van der Waals surface area contributed by atoms with E-state index in [9.17, 15) is 14.9 Å². The van der Waals surface area contributed by atoms with Crippen LogP contribution in [0.3, 0.4) is 0 Å². The number of non-ortho nitro benzene ring substituents is 1. The van der Waals surface area contributed by atoms with Gasteiger partial charge in [0.2, 0.25) is 5.91 Å². The molecule has 2 atom stereocenters. The summed E-state index contributed by atoms with van der Waals surface area (Å²) in [6.45, 7) is 3.56. The monoisotopic (exact) mass is 306 g/mol. The van der Waals surface area contributed by atoms with E-state index < -0.39 is 4.92 Å². The van der Waals surface area contributed by atoms with Crippen LogP contribution in [0.1, 0.15) is 31.7 Å². The Morgan fingerprint density at radius 1 is 1.41 bits per heavy atom. The van der Waals surface area contributed by atoms with Gasteiger partial charge in [-0.15, -0.1) is 0 Å². The molecule has 0 bridgehead atoms. The van der Waals surface area contributed by atoms with Crippen molar-refractivity contribution in [3.8, 4) is 0 Å². The molecule has 0 unspecified atom stereocenters. The van der Waals surface area contributed by atoms with Crippen molar-refractivity contribution < 1.29 is 14.5 Å². The summed E-state index contributed by atoms with van der Waals surface area (Å²) in [4.78, 5) is 22.0. The molecular formula is C16H22N2O4. The zero-order valence-electron chi connectivity index (χ0n) is 12.8. The van der Waals surface area contributed by atoms with Crippen molar-refractivity contribution in [3.63, 3.8) is 0 Å². The van der Waals surface area contributed by atoms with Gasteiger partial charge >= 0.3 is 0 Å². The molecule has 120 valence electrons. The Morgan fingerprint density at radius 2 is 2.14 bits per heavy atom. The molecule has 0 radical (unpaired) electrons. The SMILES string of the molecule is C[C@@H]1C[C@@H](CCNC(=O)Cc2ccc([N+](=O)[O-])cc2)CCO1. The number of nitrogens with one attached hydrogen (secondary N) is 1. The molecule has 22 heavy (non-hydrogen) atoms. The number of amides is 1. The minimum absolute atomic E-state index is 0.0396. The van der Waals surface area contributed by atoms with Gasteiger partial charge in [0, 0.05) is 25.3 Å². The summed E-state index contributed by atoms with van der Waals surface area (Å²) in [5.41, 5.74) is 0.820. The normalized spacial score (nSPS) is 21.3. The lowest BCUT2D eigenvalue weighted by molar-refractivity contribution is -0.384. The van der Waals surface area contributed by atoms with Crippen LogP contribution < -0.4 is 5.32 Å². The van der Waals surface area contributed by atoms with E-state index in [1.165, 1.54) is 12.1 Å². The second-order valence-corrected chi connectivity index (χ2v) is 5.81. The molecule has 2 rings (SSSR count). The third kappa shape index (κ3) is 5.11. The quantitative estimate of drug-likeness (QED) is 0.646. The molecule has 6 nitrogen and oxygen atoms in total. The fourth-order valence-electron chi connectivity index (χ4n) is 2.75. The molecular weight excluding hydrogens is 284 g/mol. The van der Waals surface area contributed by atoms with Crippen LogP contribution in [0.25, 0.3) is 0 Å². The maximum Gasteiger partial charge on any atom is 0.269 e. The van der Waals surface area contributed by atoms with Crippen LogP contribution in [0.2, 0.25) is 0 Å². The van der Waals surface area contributed by atoms with E-state index in [2.05, 4.69) is 12.2 Å². The van der Waals surface area contributed by atoms with E-state index in [1.807, 2.05) is 0 Å². The molecule has 1 amide bonds. The molecule has 1 aliphatic rings. The number of nitro groups is 1. The smallest absolute Gasteiger partial charge is 0.269 e. The minimum atomic E-state index is -0.446. The fraction of sp³-hybridized carbons (Fsp3) is 0.562. The maximum absolute atomic E-state index is 11.9. The molecule has 0 aromatic heterocycles. The van der Waals surface area contributed by atoms with Crippen LogP contribution in [0.4, 0.5) is 5.69 Å². The second-order valence-electron chi connectivity index (χ2n) is 5.81. The van der Waals surface area contributed by atoms with Crippen molar-refractivity contribution in [3.05, 3.63) is 39.9 Å². The summed E-state index contributed by atoms with van der Waals surface area (Å²) >= 11 is 0. The Labute approximate surface area is 130 Å². The van der Waals surface area contributed by atoms with Crippen molar-refractivity contribution in [2.75, 3.05) is 13.2 Å². The molecule has 6 heteroatoms. The molecule has 0 saturated carbocycles. The number of benzene rings is 1. The Morgan fingerprint density at radius 3 is 2.77 bits per heavy atom. The molecule has 1 heterocycles.